The van der Waals surface area contributed by atoms with Gasteiger partial charge in [-0.05, 0) is 62.7 Å². The van der Waals surface area contributed by atoms with Crippen LogP contribution in [-0.2, 0) is 25.8 Å². The molecule has 0 spiro atoms. The number of halogens is 3. The fourth-order valence-corrected chi connectivity index (χ4v) is 6.54. The lowest BCUT2D eigenvalue weighted by atomic mass is 10.1. The molecule has 15 nitrogen and oxygen atoms in total. The lowest BCUT2D eigenvalue weighted by molar-refractivity contribution is -0.709. The highest BCUT2D eigenvalue weighted by molar-refractivity contribution is 7.90. The summed E-state index contributed by atoms with van der Waals surface area (Å²) in [6, 6.07) is 18.6. The summed E-state index contributed by atoms with van der Waals surface area (Å²) in [5.74, 6) is -1.55. The molecule has 6 rings (SSSR count). The van der Waals surface area contributed by atoms with Crippen LogP contribution in [0.4, 0.5) is 18.0 Å². The average molecular weight is 742 g/mol. The van der Waals surface area contributed by atoms with Crippen LogP contribution in [0.2, 0.25) is 0 Å². The first-order chi connectivity index (χ1) is 24.6. The van der Waals surface area contributed by atoms with Crippen LogP contribution in [0.3, 0.4) is 0 Å². The summed E-state index contributed by atoms with van der Waals surface area (Å²) in [4.78, 5) is 43.4. The molecule has 1 N–H and O–H groups in total. The first kappa shape index (κ1) is 35.8. The molecule has 2 atom stereocenters. The van der Waals surface area contributed by atoms with Gasteiger partial charge < -0.3 is 14.8 Å². The first-order valence-electron chi connectivity index (χ1n) is 15.7. The molecule has 3 heterocycles. The van der Waals surface area contributed by atoms with Gasteiger partial charge in [-0.15, -0.1) is 5.01 Å². The van der Waals surface area contributed by atoms with E-state index in [-0.39, 0.29) is 58.0 Å². The molecule has 19 heteroatoms. The minimum atomic E-state index is -4.72. The van der Waals surface area contributed by atoms with Gasteiger partial charge in [-0.1, -0.05) is 42.0 Å². The summed E-state index contributed by atoms with van der Waals surface area (Å²) < 4.78 is 74.4. The molecule has 1 saturated heterocycles. The molecular formula is C33H30F3N7O8S. The number of aryl methyl sites for hydroxylation is 1. The van der Waals surface area contributed by atoms with Crippen molar-refractivity contribution in [3.05, 3.63) is 106 Å². The molecule has 1 aromatic heterocycles. The third-order valence-electron chi connectivity index (χ3n) is 8.37. The lowest BCUT2D eigenvalue weighted by Crippen LogP contribution is -2.39. The Morgan fingerprint density at radius 2 is 1.69 bits per heavy atom. The second-order valence-corrected chi connectivity index (χ2v) is 13.7. The van der Waals surface area contributed by atoms with Crippen molar-refractivity contribution >= 4 is 27.9 Å². The molecular weight excluding hydrogens is 711 g/mol. The van der Waals surface area contributed by atoms with Gasteiger partial charge in [0, 0.05) is 11.5 Å². The van der Waals surface area contributed by atoms with E-state index < -0.39 is 46.0 Å². The summed E-state index contributed by atoms with van der Waals surface area (Å²) in [6.45, 7) is 3.21. The molecule has 0 radical (unpaired) electrons. The summed E-state index contributed by atoms with van der Waals surface area (Å²) in [5.41, 5.74) is 0.923. The van der Waals surface area contributed by atoms with Crippen molar-refractivity contribution in [2.24, 2.45) is 11.2 Å². The van der Waals surface area contributed by atoms with Gasteiger partial charge in [-0.25, -0.2) is 27.5 Å². The normalized spacial score (nSPS) is 16.9. The number of hydrazine groups is 1. The Bertz CT molecular complexity index is 2120. The molecule has 0 saturated carbocycles. The van der Waals surface area contributed by atoms with Crippen LogP contribution in [-0.4, -0.2) is 76.9 Å². The maximum Gasteiger partial charge on any atom is 0.435 e. The zero-order valence-corrected chi connectivity index (χ0v) is 28.3. The number of alkyl halides is 3. The number of fused-ring (bicyclic) bond motifs is 1. The first-order valence-corrected chi connectivity index (χ1v) is 17.2. The third-order valence-corrected chi connectivity index (χ3v) is 9.70. The number of sulfonamides is 1. The van der Waals surface area contributed by atoms with Gasteiger partial charge in [0.2, 0.25) is 11.5 Å². The number of nitrogens with zero attached hydrogens (tertiary/aromatic N) is 6. The highest BCUT2D eigenvalue weighted by Gasteiger charge is 2.40. The predicted molar refractivity (Wildman–Crippen MR) is 174 cm³/mol. The summed E-state index contributed by atoms with van der Waals surface area (Å²) in [5, 5.41) is 20.9. The van der Waals surface area contributed by atoms with E-state index in [9.17, 15) is 41.2 Å². The topological polar surface area (TPSA) is 179 Å². The van der Waals surface area contributed by atoms with Gasteiger partial charge in [0.25, 0.3) is 21.8 Å². The number of carbonyl (C=O) groups excluding carboxylic acids is 3. The Balaban J connectivity index is 1.02. The maximum absolute atomic E-state index is 13.5. The second-order valence-electron chi connectivity index (χ2n) is 12.0. The van der Waals surface area contributed by atoms with Crippen LogP contribution in [0.5, 0.6) is 0 Å². The number of amides is 3. The minimum Gasteiger partial charge on any atom is -0.569 e. The number of hydrogen-bond donors (Lipinski definition) is 1. The van der Waals surface area contributed by atoms with Crippen LogP contribution < -0.4 is 4.72 Å². The van der Waals surface area contributed by atoms with E-state index in [1.54, 1.807) is 41.1 Å². The highest BCUT2D eigenvalue weighted by Crippen LogP contribution is 2.33. The van der Waals surface area contributed by atoms with Crippen molar-refractivity contribution in [1.82, 2.24) is 24.4 Å². The number of aromatic nitrogens is 2. The van der Waals surface area contributed by atoms with E-state index in [0.717, 1.165) is 33.3 Å². The number of imide groups is 1. The lowest BCUT2D eigenvalue weighted by Gasteiger charge is -2.19. The predicted octanol–water partition coefficient (Wildman–Crippen LogP) is 5.05. The summed E-state index contributed by atoms with van der Waals surface area (Å²) in [6.07, 6.45) is -6.82. The fourth-order valence-electron chi connectivity index (χ4n) is 5.65. The molecule has 1 fully saturated rings. The number of carbonyl (C=O) groups is 3. The van der Waals surface area contributed by atoms with Crippen molar-refractivity contribution in [2.45, 2.75) is 37.6 Å². The van der Waals surface area contributed by atoms with Crippen LogP contribution in [0.25, 0.3) is 16.9 Å². The van der Waals surface area contributed by atoms with Crippen molar-refractivity contribution in [1.29, 1.82) is 0 Å². The van der Waals surface area contributed by atoms with Gasteiger partial charge in [0.05, 0.1) is 52.1 Å². The van der Waals surface area contributed by atoms with Crippen molar-refractivity contribution in [3.63, 3.8) is 0 Å². The van der Waals surface area contributed by atoms with Crippen LogP contribution >= 0.6 is 0 Å². The molecule has 0 aliphatic carbocycles. The van der Waals surface area contributed by atoms with E-state index in [2.05, 4.69) is 10.4 Å². The molecule has 2 unspecified atom stereocenters. The summed E-state index contributed by atoms with van der Waals surface area (Å²) in [7, 11) is -4.45. The zero-order valence-electron chi connectivity index (χ0n) is 27.5. The molecule has 0 bridgehead atoms. The largest absolute Gasteiger partial charge is 0.569 e. The van der Waals surface area contributed by atoms with Crippen molar-refractivity contribution in [3.8, 4) is 16.9 Å². The standard InChI is InChI=1S/C33H30F3N7O8S/c1-20-7-9-23(10-8-20)28-17-29(33(34,35)36)37-42(28)24-11-13-25(14-12-24)52(48,49)38-32(46)50-19-22-15-16-40(18-22)43(47)39-51-21(2)41-30(44)26-5-3-4-6-27(26)31(41)45/h3-14,17,21-22H,15-16,18-19H2,1-2H3,(H,38,46)/b43-39-. The molecule has 3 amide bonds. The van der Waals surface area contributed by atoms with Gasteiger partial charge in [-0.3, -0.25) is 9.59 Å². The quantitative estimate of drug-likeness (QED) is 0.100. The minimum absolute atomic E-state index is 0.0628. The number of rotatable bonds is 10. The third kappa shape index (κ3) is 7.39. The Hall–Kier alpha value is -5.98. The SMILES string of the molecule is Cc1ccc(-c2cc(C(F)(F)F)nn2-c2ccc(S(=O)(=O)NC(=O)OCC3CCN(/[N+]([O-])=N/OC(C)N4C(=O)c5ccccc5C4=O)C3)cc2)cc1. The maximum atomic E-state index is 13.5. The molecule has 52 heavy (non-hydrogen) atoms. The summed E-state index contributed by atoms with van der Waals surface area (Å²) >= 11 is 0. The molecule has 272 valence electrons. The van der Waals surface area contributed by atoms with Crippen molar-refractivity contribution in [2.75, 3.05) is 19.7 Å². The Morgan fingerprint density at radius 3 is 2.31 bits per heavy atom. The van der Waals surface area contributed by atoms with E-state index in [0.29, 0.717) is 12.0 Å². The Morgan fingerprint density at radius 1 is 1.06 bits per heavy atom. The Labute approximate surface area is 294 Å². The van der Waals surface area contributed by atoms with E-state index in [1.165, 1.54) is 36.2 Å². The van der Waals surface area contributed by atoms with Crippen LogP contribution in [0.15, 0.2) is 89.0 Å². The fraction of sp³-hybridized carbons (Fsp3) is 0.273. The number of benzene rings is 3. The van der Waals surface area contributed by atoms with Gasteiger partial charge in [0.1, 0.15) is 0 Å². The Kier molecular flexibility index (Phi) is 9.63. The van der Waals surface area contributed by atoms with Gasteiger partial charge >= 0.3 is 12.3 Å². The van der Waals surface area contributed by atoms with Crippen LogP contribution in [0, 0.1) is 18.0 Å². The highest BCUT2D eigenvalue weighted by atomic mass is 32.2. The van der Waals surface area contributed by atoms with Crippen molar-refractivity contribution < 1.29 is 50.5 Å². The molecule has 2 aliphatic heterocycles. The van der Waals surface area contributed by atoms with Crippen LogP contribution in [0.1, 0.15) is 45.3 Å². The van der Waals surface area contributed by atoms with E-state index in [4.69, 9.17) is 9.57 Å². The zero-order chi connectivity index (χ0) is 37.4. The van der Waals surface area contributed by atoms with Gasteiger partial charge in [0.15, 0.2) is 5.69 Å². The number of nitrogens with one attached hydrogen (secondary N) is 1. The van der Waals surface area contributed by atoms with Gasteiger partial charge in [-0.2, -0.15) is 18.3 Å². The number of hydrogen-bond acceptors (Lipinski definition) is 10. The monoisotopic (exact) mass is 741 g/mol. The molecule has 3 aromatic carbocycles. The van der Waals surface area contributed by atoms with E-state index in [1.807, 2.05) is 6.92 Å². The molecule has 2 aliphatic rings. The second kappa shape index (κ2) is 14.0. The smallest absolute Gasteiger partial charge is 0.435 e. The number of ether oxygens (including phenoxy) is 1. The van der Waals surface area contributed by atoms with E-state index >= 15 is 0 Å². The molecule has 4 aromatic rings. The average Bonchev–Trinajstić information content (AvgIpc) is 3.84.